The number of carbonyl (C=O) groups is 1. The number of rotatable bonds is 5. The van der Waals surface area contributed by atoms with E-state index < -0.39 is 11.5 Å². The Morgan fingerprint density at radius 1 is 1.46 bits per heavy atom. The fourth-order valence-corrected chi connectivity index (χ4v) is 2.43. The second-order valence-corrected chi connectivity index (χ2v) is 5.58. The lowest BCUT2D eigenvalue weighted by Gasteiger charge is -2.16. The van der Waals surface area contributed by atoms with Crippen molar-refractivity contribution < 1.29 is 9.90 Å². The van der Waals surface area contributed by atoms with Crippen molar-refractivity contribution in [1.29, 1.82) is 0 Å². The van der Waals surface area contributed by atoms with Crippen molar-refractivity contribution in [3.63, 3.8) is 0 Å². The Balaban J connectivity index is 2.28. The molecule has 0 spiro atoms. The standard InChI is InChI=1S/C16H18N4O3S/c1-3-10(2)20-15(23)12(14(22)18-16(20)24)9-17-19-13(21)11-7-5-4-6-8-11/h4-10,23H,3H2,1-2H3,(H,19,21)(H,18,22,24)/b17-9+/t10-/m0/s1. The Labute approximate surface area is 143 Å². The smallest absolute Gasteiger partial charge is 0.271 e. The molecule has 0 aliphatic heterocycles. The molecule has 8 heteroatoms. The lowest BCUT2D eigenvalue weighted by Crippen LogP contribution is -2.22. The van der Waals surface area contributed by atoms with Gasteiger partial charge in [0, 0.05) is 11.6 Å². The fraction of sp³-hybridized carbons (Fsp3) is 0.250. The van der Waals surface area contributed by atoms with Crippen molar-refractivity contribution >= 4 is 24.3 Å². The molecule has 1 amide bonds. The summed E-state index contributed by atoms with van der Waals surface area (Å²) in [6.07, 6.45) is 1.82. The van der Waals surface area contributed by atoms with Crippen LogP contribution in [0.4, 0.5) is 0 Å². The molecule has 1 aromatic heterocycles. The first-order chi connectivity index (χ1) is 11.5. The second kappa shape index (κ2) is 7.69. The number of aromatic hydroxyl groups is 1. The van der Waals surface area contributed by atoms with Gasteiger partial charge in [0.1, 0.15) is 5.56 Å². The van der Waals surface area contributed by atoms with Gasteiger partial charge in [0.2, 0.25) is 5.88 Å². The predicted octanol–water partition coefficient (Wildman–Crippen LogP) is 2.35. The van der Waals surface area contributed by atoms with E-state index in [-0.39, 0.29) is 22.3 Å². The topological polar surface area (TPSA) is 99.5 Å². The average Bonchev–Trinajstić information content (AvgIpc) is 2.57. The van der Waals surface area contributed by atoms with Crippen LogP contribution in [0.25, 0.3) is 0 Å². The van der Waals surface area contributed by atoms with E-state index in [9.17, 15) is 14.7 Å². The third kappa shape index (κ3) is 3.77. The van der Waals surface area contributed by atoms with E-state index in [4.69, 9.17) is 12.2 Å². The number of benzene rings is 1. The minimum Gasteiger partial charge on any atom is -0.494 e. The van der Waals surface area contributed by atoms with Crippen LogP contribution in [0.5, 0.6) is 5.88 Å². The SMILES string of the molecule is CC[C@H](C)n1c(O)c(/C=N/NC(=O)c2ccccc2)c(=O)[nH]c1=S. The number of aromatic nitrogens is 2. The quantitative estimate of drug-likeness (QED) is 0.439. The summed E-state index contributed by atoms with van der Waals surface area (Å²) in [5.41, 5.74) is 2.10. The van der Waals surface area contributed by atoms with Crippen molar-refractivity contribution in [1.82, 2.24) is 15.0 Å². The van der Waals surface area contributed by atoms with Gasteiger partial charge in [0.15, 0.2) is 4.77 Å². The highest BCUT2D eigenvalue weighted by atomic mass is 32.1. The van der Waals surface area contributed by atoms with E-state index >= 15 is 0 Å². The summed E-state index contributed by atoms with van der Waals surface area (Å²) in [6, 6.07) is 8.43. The number of carbonyl (C=O) groups excluding carboxylic acids is 1. The minimum atomic E-state index is -0.574. The van der Waals surface area contributed by atoms with Gasteiger partial charge in [-0.15, -0.1) is 0 Å². The average molecular weight is 346 g/mol. The molecule has 7 nitrogen and oxygen atoms in total. The Morgan fingerprint density at radius 2 is 2.12 bits per heavy atom. The van der Waals surface area contributed by atoms with Gasteiger partial charge in [-0.2, -0.15) is 5.10 Å². The number of hydrogen-bond acceptors (Lipinski definition) is 5. The summed E-state index contributed by atoms with van der Waals surface area (Å²) >= 11 is 5.08. The van der Waals surface area contributed by atoms with Crippen LogP contribution in [0.3, 0.4) is 0 Å². The summed E-state index contributed by atoms with van der Waals surface area (Å²) in [5, 5.41) is 14.1. The van der Waals surface area contributed by atoms with Crippen LogP contribution in [-0.2, 0) is 0 Å². The van der Waals surface area contributed by atoms with E-state index in [1.807, 2.05) is 13.8 Å². The van der Waals surface area contributed by atoms with E-state index in [1.54, 1.807) is 30.3 Å². The van der Waals surface area contributed by atoms with E-state index in [0.717, 1.165) is 12.6 Å². The number of aromatic amines is 1. The molecule has 3 N–H and O–H groups in total. The predicted molar refractivity (Wildman–Crippen MR) is 94.1 cm³/mol. The zero-order valence-corrected chi connectivity index (χ0v) is 14.1. The number of H-pyrrole nitrogens is 1. The molecule has 2 rings (SSSR count). The van der Waals surface area contributed by atoms with E-state index in [0.29, 0.717) is 5.56 Å². The van der Waals surface area contributed by atoms with Crippen molar-refractivity contribution in [3.05, 3.63) is 56.6 Å². The molecule has 0 bridgehead atoms. The highest BCUT2D eigenvalue weighted by Gasteiger charge is 2.14. The highest BCUT2D eigenvalue weighted by Crippen LogP contribution is 2.19. The zero-order chi connectivity index (χ0) is 17.7. The lowest BCUT2D eigenvalue weighted by atomic mass is 10.2. The molecular weight excluding hydrogens is 328 g/mol. The number of amides is 1. The van der Waals surface area contributed by atoms with E-state index in [2.05, 4.69) is 15.5 Å². The third-order valence-electron chi connectivity index (χ3n) is 3.58. The molecular formula is C16H18N4O3S. The van der Waals surface area contributed by atoms with Crippen molar-refractivity contribution in [2.75, 3.05) is 0 Å². The molecule has 0 fully saturated rings. The van der Waals surface area contributed by atoms with Crippen LogP contribution in [-0.4, -0.2) is 26.8 Å². The molecule has 0 aliphatic rings. The summed E-state index contributed by atoms with van der Waals surface area (Å²) in [4.78, 5) is 26.3. The summed E-state index contributed by atoms with van der Waals surface area (Å²) in [6.45, 7) is 3.80. The monoisotopic (exact) mass is 346 g/mol. The first-order valence-corrected chi connectivity index (χ1v) is 7.82. The Kier molecular flexibility index (Phi) is 5.64. The molecule has 126 valence electrons. The van der Waals surface area contributed by atoms with Crippen LogP contribution in [0, 0.1) is 4.77 Å². The highest BCUT2D eigenvalue weighted by molar-refractivity contribution is 7.71. The van der Waals surface area contributed by atoms with Crippen molar-refractivity contribution in [3.8, 4) is 5.88 Å². The van der Waals surface area contributed by atoms with Crippen molar-refractivity contribution in [2.45, 2.75) is 26.3 Å². The fourth-order valence-electron chi connectivity index (χ4n) is 2.07. The summed E-state index contributed by atoms with van der Waals surface area (Å²) in [7, 11) is 0. The number of nitrogens with zero attached hydrogens (tertiary/aromatic N) is 2. The molecule has 0 radical (unpaired) electrons. The number of nitrogens with one attached hydrogen (secondary N) is 2. The molecule has 0 unspecified atom stereocenters. The molecule has 24 heavy (non-hydrogen) atoms. The molecule has 2 aromatic rings. The molecule has 0 aliphatic carbocycles. The molecule has 1 atom stereocenters. The van der Waals surface area contributed by atoms with Crippen LogP contribution in [0.2, 0.25) is 0 Å². The minimum absolute atomic E-state index is 0.0720. The van der Waals surface area contributed by atoms with Gasteiger partial charge in [-0.05, 0) is 37.7 Å². The largest absolute Gasteiger partial charge is 0.494 e. The van der Waals surface area contributed by atoms with Gasteiger partial charge in [-0.3, -0.25) is 19.1 Å². The molecule has 1 aromatic carbocycles. The number of hydrazone groups is 1. The second-order valence-electron chi connectivity index (χ2n) is 5.19. The molecule has 0 saturated heterocycles. The summed E-state index contributed by atoms with van der Waals surface area (Å²) in [5.74, 6) is -0.701. The lowest BCUT2D eigenvalue weighted by molar-refractivity contribution is 0.0955. The number of hydrogen-bond donors (Lipinski definition) is 3. The third-order valence-corrected chi connectivity index (χ3v) is 3.88. The van der Waals surface area contributed by atoms with Crippen LogP contribution in [0.1, 0.15) is 42.2 Å². The van der Waals surface area contributed by atoms with Gasteiger partial charge in [-0.25, -0.2) is 5.43 Å². The zero-order valence-electron chi connectivity index (χ0n) is 13.3. The maximum Gasteiger partial charge on any atom is 0.271 e. The maximum atomic E-state index is 12.0. The molecule has 1 heterocycles. The van der Waals surface area contributed by atoms with Gasteiger partial charge in [0.25, 0.3) is 11.5 Å². The first-order valence-electron chi connectivity index (χ1n) is 7.42. The Hall–Kier alpha value is -2.74. The van der Waals surface area contributed by atoms with Gasteiger partial charge < -0.3 is 5.11 Å². The Morgan fingerprint density at radius 3 is 2.75 bits per heavy atom. The normalized spacial score (nSPS) is 12.2. The van der Waals surface area contributed by atoms with Gasteiger partial charge >= 0.3 is 0 Å². The van der Waals surface area contributed by atoms with Crippen LogP contribution >= 0.6 is 12.2 Å². The Bertz CT molecular complexity index is 871. The maximum absolute atomic E-state index is 12.0. The van der Waals surface area contributed by atoms with Crippen LogP contribution < -0.4 is 11.0 Å². The van der Waals surface area contributed by atoms with Crippen molar-refractivity contribution in [2.24, 2.45) is 5.10 Å². The van der Waals surface area contributed by atoms with Gasteiger partial charge in [-0.1, -0.05) is 25.1 Å². The first kappa shape index (κ1) is 17.6. The van der Waals surface area contributed by atoms with Gasteiger partial charge in [0.05, 0.1) is 6.21 Å². The summed E-state index contributed by atoms with van der Waals surface area (Å²) < 4.78 is 1.58. The van der Waals surface area contributed by atoms with Crippen LogP contribution in [0.15, 0.2) is 40.2 Å². The van der Waals surface area contributed by atoms with E-state index in [1.165, 1.54) is 4.57 Å². The molecule has 0 saturated carbocycles.